The van der Waals surface area contributed by atoms with Gasteiger partial charge in [0.1, 0.15) is 0 Å². The summed E-state index contributed by atoms with van der Waals surface area (Å²) in [6.45, 7) is 0. The molecule has 0 bridgehead atoms. The van der Waals surface area contributed by atoms with Crippen molar-refractivity contribution < 1.29 is 4.79 Å². The van der Waals surface area contributed by atoms with Crippen molar-refractivity contribution in [3.63, 3.8) is 0 Å². The lowest BCUT2D eigenvalue weighted by Gasteiger charge is -2.24. The molecular formula is C10H12O. The quantitative estimate of drug-likeness (QED) is 0.514. The van der Waals surface area contributed by atoms with Gasteiger partial charge in [0, 0.05) is 6.42 Å². The lowest BCUT2D eigenvalue weighted by molar-refractivity contribution is -0.120. The second-order valence-electron chi connectivity index (χ2n) is 4.09. The van der Waals surface area contributed by atoms with Crippen LogP contribution in [-0.2, 0) is 4.79 Å². The molecule has 2 unspecified atom stereocenters. The summed E-state index contributed by atoms with van der Waals surface area (Å²) in [4.78, 5) is 11.2. The highest BCUT2D eigenvalue weighted by molar-refractivity contribution is 6.04. The van der Waals surface area contributed by atoms with Crippen molar-refractivity contribution in [2.45, 2.75) is 32.1 Å². The number of ketones is 1. The van der Waals surface area contributed by atoms with E-state index < -0.39 is 0 Å². The second-order valence-corrected chi connectivity index (χ2v) is 4.09. The first-order valence-corrected chi connectivity index (χ1v) is 4.62. The third kappa shape index (κ3) is 0.597. The first kappa shape index (κ1) is 5.99. The smallest absolute Gasteiger partial charge is 0.159 e. The van der Waals surface area contributed by atoms with Crippen molar-refractivity contribution >= 4 is 5.78 Å². The molecule has 11 heavy (non-hydrogen) atoms. The molecule has 3 rings (SSSR count). The Balaban J connectivity index is 2.07. The highest BCUT2D eigenvalue weighted by Gasteiger charge is 2.45. The second kappa shape index (κ2) is 1.77. The van der Waals surface area contributed by atoms with E-state index in [1.54, 1.807) is 5.57 Å². The summed E-state index contributed by atoms with van der Waals surface area (Å²) >= 11 is 0. The molecule has 2 saturated carbocycles. The number of allylic oxidation sites excluding steroid dienone is 2. The van der Waals surface area contributed by atoms with Crippen LogP contribution in [0.4, 0.5) is 0 Å². The normalized spacial score (nSPS) is 40.5. The van der Waals surface area contributed by atoms with Crippen LogP contribution in [0.25, 0.3) is 0 Å². The van der Waals surface area contributed by atoms with Crippen LogP contribution in [0, 0.1) is 11.8 Å². The van der Waals surface area contributed by atoms with Crippen LogP contribution in [0.5, 0.6) is 0 Å². The number of rotatable bonds is 0. The summed E-state index contributed by atoms with van der Waals surface area (Å²) in [6, 6.07) is 0. The Labute approximate surface area is 66.5 Å². The molecule has 3 aliphatic carbocycles. The molecule has 0 aromatic rings. The topological polar surface area (TPSA) is 17.1 Å². The van der Waals surface area contributed by atoms with Gasteiger partial charge in [-0.25, -0.2) is 0 Å². The molecule has 0 aromatic heterocycles. The van der Waals surface area contributed by atoms with Crippen LogP contribution in [0.3, 0.4) is 0 Å². The number of carbonyl (C=O) groups is 1. The maximum atomic E-state index is 11.2. The molecule has 0 aliphatic heterocycles. The van der Waals surface area contributed by atoms with Crippen LogP contribution in [0.15, 0.2) is 11.1 Å². The number of carbonyl (C=O) groups excluding carboxylic acids is 1. The summed E-state index contributed by atoms with van der Waals surface area (Å²) < 4.78 is 0. The van der Waals surface area contributed by atoms with Crippen LogP contribution in [-0.4, -0.2) is 5.78 Å². The molecule has 3 aliphatic rings. The summed E-state index contributed by atoms with van der Waals surface area (Å²) in [6.07, 6.45) is 6.13. The predicted octanol–water partition coefficient (Wildman–Crippen LogP) is 2.08. The van der Waals surface area contributed by atoms with Crippen LogP contribution in [0.2, 0.25) is 0 Å². The first-order chi connectivity index (χ1) is 5.36. The fourth-order valence-corrected chi connectivity index (χ4v) is 3.05. The summed E-state index contributed by atoms with van der Waals surface area (Å²) in [7, 11) is 0. The molecule has 1 nitrogen and oxygen atoms in total. The lowest BCUT2D eigenvalue weighted by atomic mass is 9.78. The molecule has 1 heteroatoms. The zero-order valence-electron chi connectivity index (χ0n) is 6.60. The van der Waals surface area contributed by atoms with Gasteiger partial charge in [0.2, 0.25) is 0 Å². The van der Waals surface area contributed by atoms with E-state index in [1.807, 2.05) is 0 Å². The Morgan fingerprint density at radius 2 is 2.18 bits per heavy atom. The van der Waals surface area contributed by atoms with Gasteiger partial charge in [0.05, 0.1) is 0 Å². The number of hydrogen-bond acceptors (Lipinski definition) is 1. The molecule has 0 radical (unpaired) electrons. The van der Waals surface area contributed by atoms with Crippen molar-refractivity contribution in [3.8, 4) is 0 Å². The Morgan fingerprint density at radius 1 is 1.27 bits per heavy atom. The molecule has 0 heterocycles. The average molecular weight is 148 g/mol. The lowest BCUT2D eigenvalue weighted by Crippen LogP contribution is -2.25. The van der Waals surface area contributed by atoms with E-state index >= 15 is 0 Å². The van der Waals surface area contributed by atoms with Gasteiger partial charge in [-0.1, -0.05) is 5.57 Å². The monoisotopic (exact) mass is 148 g/mol. The maximum absolute atomic E-state index is 11.2. The number of fused-ring (bicyclic) bond motifs is 2. The first-order valence-electron chi connectivity index (χ1n) is 4.62. The molecule has 0 spiro atoms. The minimum atomic E-state index is 0.467. The summed E-state index contributed by atoms with van der Waals surface area (Å²) in [5, 5.41) is 0. The maximum Gasteiger partial charge on any atom is 0.159 e. The van der Waals surface area contributed by atoms with Crippen molar-refractivity contribution in [3.05, 3.63) is 11.1 Å². The molecule has 0 amide bonds. The Kier molecular flexibility index (Phi) is 0.961. The van der Waals surface area contributed by atoms with Crippen LogP contribution in [0.1, 0.15) is 32.1 Å². The Hall–Kier alpha value is -0.590. The number of hydrogen-bond donors (Lipinski definition) is 0. The molecule has 2 atom stereocenters. The van der Waals surface area contributed by atoms with Gasteiger partial charge in [-0.3, -0.25) is 4.79 Å². The highest BCUT2D eigenvalue weighted by Crippen LogP contribution is 2.52. The van der Waals surface area contributed by atoms with Crippen molar-refractivity contribution in [1.29, 1.82) is 0 Å². The van der Waals surface area contributed by atoms with E-state index in [4.69, 9.17) is 0 Å². The van der Waals surface area contributed by atoms with E-state index in [0.29, 0.717) is 11.7 Å². The van der Waals surface area contributed by atoms with E-state index in [0.717, 1.165) is 12.3 Å². The van der Waals surface area contributed by atoms with E-state index in [2.05, 4.69) is 0 Å². The standard InChI is InChI=1S/C10H12O/c11-9-5-7-4-6-2-1-3-8(6)10(7)9/h6-7H,1-5H2. The van der Waals surface area contributed by atoms with Gasteiger partial charge in [-0.2, -0.15) is 0 Å². The van der Waals surface area contributed by atoms with Gasteiger partial charge in [0.25, 0.3) is 0 Å². The molecule has 2 fully saturated rings. The Bertz CT molecular complexity index is 262. The number of Topliss-reactive ketones (excluding diaryl/α,β-unsaturated/α-hetero) is 1. The molecule has 0 N–H and O–H groups in total. The van der Waals surface area contributed by atoms with Gasteiger partial charge in [-0.15, -0.1) is 0 Å². The van der Waals surface area contributed by atoms with Crippen LogP contribution >= 0.6 is 0 Å². The van der Waals surface area contributed by atoms with Crippen LogP contribution < -0.4 is 0 Å². The SMILES string of the molecule is O=C1CC2CC3CCCC3=C12. The summed E-state index contributed by atoms with van der Waals surface area (Å²) in [5.74, 6) is 2.01. The fourth-order valence-electron chi connectivity index (χ4n) is 3.05. The van der Waals surface area contributed by atoms with Gasteiger partial charge < -0.3 is 0 Å². The van der Waals surface area contributed by atoms with Gasteiger partial charge in [-0.05, 0) is 43.1 Å². The Morgan fingerprint density at radius 3 is 3.00 bits per heavy atom. The highest BCUT2D eigenvalue weighted by atomic mass is 16.1. The largest absolute Gasteiger partial charge is 0.295 e. The van der Waals surface area contributed by atoms with E-state index in [-0.39, 0.29) is 0 Å². The minimum absolute atomic E-state index is 0.467. The van der Waals surface area contributed by atoms with Crippen molar-refractivity contribution in [2.24, 2.45) is 11.8 Å². The van der Waals surface area contributed by atoms with Gasteiger partial charge >= 0.3 is 0 Å². The molecule has 58 valence electrons. The molecular weight excluding hydrogens is 136 g/mol. The molecule has 0 aromatic carbocycles. The minimum Gasteiger partial charge on any atom is -0.295 e. The van der Waals surface area contributed by atoms with Gasteiger partial charge in [0.15, 0.2) is 5.78 Å². The summed E-state index contributed by atoms with van der Waals surface area (Å²) in [5.41, 5.74) is 2.83. The van der Waals surface area contributed by atoms with Crippen molar-refractivity contribution in [1.82, 2.24) is 0 Å². The zero-order chi connectivity index (χ0) is 7.42. The average Bonchev–Trinajstić information content (AvgIpc) is 2.43. The van der Waals surface area contributed by atoms with E-state index in [1.165, 1.54) is 31.3 Å². The van der Waals surface area contributed by atoms with E-state index in [9.17, 15) is 4.79 Å². The fraction of sp³-hybridized carbons (Fsp3) is 0.700. The molecule has 0 saturated heterocycles. The predicted molar refractivity (Wildman–Crippen MR) is 42.1 cm³/mol. The van der Waals surface area contributed by atoms with Crippen molar-refractivity contribution in [2.75, 3.05) is 0 Å². The third-order valence-corrected chi connectivity index (χ3v) is 3.55. The third-order valence-electron chi connectivity index (χ3n) is 3.55. The zero-order valence-corrected chi connectivity index (χ0v) is 6.60.